The third-order valence-electron chi connectivity index (χ3n) is 4.15. The molecular formula is C15H30ClN3O2. The van der Waals surface area contributed by atoms with Gasteiger partial charge in [-0.25, -0.2) is 0 Å². The van der Waals surface area contributed by atoms with Crippen molar-refractivity contribution < 1.29 is 9.59 Å². The maximum absolute atomic E-state index is 12.1. The fraction of sp³-hybridized carbons (Fsp3) is 0.867. The maximum Gasteiger partial charge on any atom is 0.240 e. The second kappa shape index (κ2) is 8.59. The highest BCUT2D eigenvalue weighted by Crippen LogP contribution is 2.25. The number of halogens is 1. The molecule has 2 amide bonds. The number of carbonyl (C=O) groups is 2. The summed E-state index contributed by atoms with van der Waals surface area (Å²) in [6.45, 7) is 9.88. The van der Waals surface area contributed by atoms with Gasteiger partial charge in [-0.2, -0.15) is 0 Å². The average molecular weight is 320 g/mol. The number of piperidine rings is 1. The fourth-order valence-electron chi connectivity index (χ4n) is 2.81. The second-order valence-corrected chi connectivity index (χ2v) is 7.04. The molecule has 6 heteroatoms. The molecule has 0 spiro atoms. The van der Waals surface area contributed by atoms with Crippen molar-refractivity contribution in [2.24, 2.45) is 23.0 Å². The Labute approximate surface area is 134 Å². The summed E-state index contributed by atoms with van der Waals surface area (Å²) in [7, 11) is 0. The molecule has 0 saturated carbocycles. The Balaban J connectivity index is 0.00000400. The number of rotatable bonds is 5. The van der Waals surface area contributed by atoms with Crippen LogP contribution in [0.3, 0.4) is 0 Å². The van der Waals surface area contributed by atoms with Crippen molar-refractivity contribution in [3.8, 4) is 0 Å². The van der Waals surface area contributed by atoms with Crippen molar-refractivity contribution in [2.45, 2.75) is 53.0 Å². The SMILES string of the molecule is CC(CC(=O)NC(C(N)=O)C(C)(C)C)C1CCNCC1.Cl. The lowest BCUT2D eigenvalue weighted by Gasteiger charge is -2.31. The van der Waals surface area contributed by atoms with Crippen molar-refractivity contribution in [2.75, 3.05) is 13.1 Å². The minimum Gasteiger partial charge on any atom is -0.368 e. The Morgan fingerprint density at radius 2 is 1.81 bits per heavy atom. The van der Waals surface area contributed by atoms with Gasteiger partial charge in [0.05, 0.1) is 0 Å². The first-order valence-electron chi connectivity index (χ1n) is 7.51. The van der Waals surface area contributed by atoms with Crippen molar-refractivity contribution in [1.82, 2.24) is 10.6 Å². The number of nitrogens with one attached hydrogen (secondary N) is 2. The molecule has 1 saturated heterocycles. The Morgan fingerprint density at radius 3 is 2.24 bits per heavy atom. The van der Waals surface area contributed by atoms with Gasteiger partial charge in [-0.15, -0.1) is 12.4 Å². The molecule has 0 bridgehead atoms. The lowest BCUT2D eigenvalue weighted by Crippen LogP contribution is -2.52. The van der Waals surface area contributed by atoms with Gasteiger partial charge in [0.15, 0.2) is 0 Å². The summed E-state index contributed by atoms with van der Waals surface area (Å²) in [4.78, 5) is 23.6. The van der Waals surface area contributed by atoms with E-state index in [-0.39, 0.29) is 23.7 Å². The zero-order valence-corrected chi connectivity index (χ0v) is 14.4. The summed E-state index contributed by atoms with van der Waals surface area (Å²) < 4.78 is 0. The van der Waals surface area contributed by atoms with E-state index in [9.17, 15) is 9.59 Å². The van der Waals surface area contributed by atoms with Crippen LogP contribution in [0.15, 0.2) is 0 Å². The van der Waals surface area contributed by atoms with E-state index in [2.05, 4.69) is 17.6 Å². The highest BCUT2D eigenvalue weighted by Gasteiger charge is 2.31. The van der Waals surface area contributed by atoms with Gasteiger partial charge >= 0.3 is 0 Å². The molecule has 2 unspecified atom stereocenters. The Morgan fingerprint density at radius 1 is 1.29 bits per heavy atom. The molecule has 21 heavy (non-hydrogen) atoms. The maximum atomic E-state index is 12.1. The molecule has 1 heterocycles. The van der Waals surface area contributed by atoms with Crippen LogP contribution >= 0.6 is 12.4 Å². The molecule has 1 aliphatic rings. The van der Waals surface area contributed by atoms with Crippen LogP contribution in [-0.2, 0) is 9.59 Å². The van der Waals surface area contributed by atoms with Gasteiger partial charge in [0, 0.05) is 6.42 Å². The van der Waals surface area contributed by atoms with Crippen molar-refractivity contribution in [1.29, 1.82) is 0 Å². The van der Waals surface area contributed by atoms with Gasteiger partial charge in [-0.05, 0) is 43.2 Å². The molecule has 124 valence electrons. The topological polar surface area (TPSA) is 84.2 Å². The van der Waals surface area contributed by atoms with Crippen LogP contribution < -0.4 is 16.4 Å². The molecule has 0 aromatic rings. The summed E-state index contributed by atoms with van der Waals surface area (Å²) in [5, 5.41) is 6.13. The first-order chi connectivity index (χ1) is 9.21. The fourth-order valence-corrected chi connectivity index (χ4v) is 2.81. The average Bonchev–Trinajstić information content (AvgIpc) is 2.35. The number of primary amides is 1. The van der Waals surface area contributed by atoms with Gasteiger partial charge in [0.25, 0.3) is 0 Å². The van der Waals surface area contributed by atoms with E-state index in [0.29, 0.717) is 18.3 Å². The quantitative estimate of drug-likeness (QED) is 0.717. The molecule has 1 rings (SSSR count). The number of carbonyl (C=O) groups excluding carboxylic acids is 2. The van der Waals surface area contributed by atoms with Crippen LogP contribution in [0.4, 0.5) is 0 Å². The smallest absolute Gasteiger partial charge is 0.240 e. The first-order valence-corrected chi connectivity index (χ1v) is 7.51. The molecule has 1 aliphatic heterocycles. The van der Waals surface area contributed by atoms with Crippen LogP contribution in [-0.4, -0.2) is 30.9 Å². The highest BCUT2D eigenvalue weighted by molar-refractivity contribution is 5.87. The van der Waals surface area contributed by atoms with E-state index in [4.69, 9.17) is 5.73 Å². The molecule has 0 aliphatic carbocycles. The number of hydrogen-bond acceptors (Lipinski definition) is 3. The lowest BCUT2D eigenvalue weighted by molar-refractivity contribution is -0.130. The van der Waals surface area contributed by atoms with Crippen LogP contribution in [0.2, 0.25) is 0 Å². The summed E-state index contributed by atoms with van der Waals surface area (Å²) in [5.74, 6) is 0.379. The Kier molecular flexibility index (Phi) is 8.26. The van der Waals surface area contributed by atoms with Crippen molar-refractivity contribution >= 4 is 24.2 Å². The Bertz CT molecular complexity index is 349. The van der Waals surface area contributed by atoms with E-state index in [1.54, 1.807) is 0 Å². The van der Waals surface area contributed by atoms with E-state index >= 15 is 0 Å². The zero-order chi connectivity index (χ0) is 15.3. The van der Waals surface area contributed by atoms with Crippen molar-refractivity contribution in [3.63, 3.8) is 0 Å². The van der Waals surface area contributed by atoms with Gasteiger partial charge in [0.1, 0.15) is 6.04 Å². The normalized spacial score (nSPS) is 19.2. The summed E-state index contributed by atoms with van der Waals surface area (Å²) >= 11 is 0. The molecule has 2 atom stereocenters. The number of amides is 2. The first kappa shape index (κ1) is 20.2. The van der Waals surface area contributed by atoms with Gasteiger partial charge in [0.2, 0.25) is 11.8 Å². The minimum atomic E-state index is -0.616. The molecule has 0 aromatic carbocycles. The van der Waals surface area contributed by atoms with Gasteiger partial charge in [-0.3, -0.25) is 9.59 Å². The van der Waals surface area contributed by atoms with E-state index < -0.39 is 11.9 Å². The van der Waals surface area contributed by atoms with Crippen LogP contribution in [0.25, 0.3) is 0 Å². The van der Waals surface area contributed by atoms with E-state index in [0.717, 1.165) is 25.9 Å². The zero-order valence-electron chi connectivity index (χ0n) is 13.6. The molecule has 5 nitrogen and oxygen atoms in total. The van der Waals surface area contributed by atoms with Crippen LogP contribution in [0.5, 0.6) is 0 Å². The second-order valence-electron chi connectivity index (χ2n) is 7.04. The van der Waals surface area contributed by atoms with E-state index in [1.807, 2.05) is 20.8 Å². The predicted octanol–water partition coefficient (Wildman–Crippen LogP) is 1.45. The predicted molar refractivity (Wildman–Crippen MR) is 87.2 cm³/mol. The Hall–Kier alpha value is -0.810. The highest BCUT2D eigenvalue weighted by atomic mass is 35.5. The molecule has 0 radical (unpaired) electrons. The van der Waals surface area contributed by atoms with Gasteiger partial charge in [-0.1, -0.05) is 27.7 Å². The molecule has 4 N–H and O–H groups in total. The third kappa shape index (κ3) is 6.66. The standard InChI is InChI=1S/C15H29N3O2.ClH/c1-10(11-5-7-17-8-6-11)9-12(19)18-13(14(16)20)15(2,3)4;/h10-11,13,17H,5-9H2,1-4H3,(H2,16,20)(H,18,19);1H. The minimum absolute atomic E-state index is 0. The van der Waals surface area contributed by atoms with Crippen molar-refractivity contribution in [3.05, 3.63) is 0 Å². The third-order valence-corrected chi connectivity index (χ3v) is 4.15. The number of nitrogens with two attached hydrogens (primary N) is 1. The molecule has 0 aromatic heterocycles. The lowest BCUT2D eigenvalue weighted by atomic mass is 9.83. The van der Waals surface area contributed by atoms with Gasteiger partial charge < -0.3 is 16.4 Å². The largest absolute Gasteiger partial charge is 0.368 e. The molecular weight excluding hydrogens is 290 g/mol. The number of hydrogen-bond donors (Lipinski definition) is 3. The van der Waals surface area contributed by atoms with E-state index in [1.165, 1.54) is 0 Å². The summed E-state index contributed by atoms with van der Waals surface area (Å²) in [6.07, 6.45) is 2.70. The summed E-state index contributed by atoms with van der Waals surface area (Å²) in [5.41, 5.74) is 5.02. The molecule has 1 fully saturated rings. The van der Waals surface area contributed by atoms with Crippen LogP contribution in [0, 0.1) is 17.3 Å². The monoisotopic (exact) mass is 319 g/mol. The van der Waals surface area contributed by atoms with Crippen LogP contribution in [0.1, 0.15) is 47.0 Å². The summed E-state index contributed by atoms with van der Waals surface area (Å²) in [6, 6.07) is -0.616.